The highest BCUT2D eigenvalue weighted by molar-refractivity contribution is 5.09. The summed E-state index contributed by atoms with van der Waals surface area (Å²) in [6.45, 7) is 4.18. The van der Waals surface area contributed by atoms with E-state index in [0.29, 0.717) is 5.92 Å². The van der Waals surface area contributed by atoms with Crippen molar-refractivity contribution in [2.24, 2.45) is 5.92 Å². The average molecular weight is 180 g/mol. The molecule has 0 aliphatic carbocycles. The zero-order valence-electron chi connectivity index (χ0n) is 8.14. The van der Waals surface area contributed by atoms with E-state index in [4.69, 9.17) is 0 Å². The summed E-state index contributed by atoms with van der Waals surface area (Å²) in [5, 5.41) is 17.3. The van der Waals surface area contributed by atoms with Gasteiger partial charge in [-0.15, -0.1) is 0 Å². The molecule has 0 bridgehead atoms. The van der Waals surface area contributed by atoms with E-state index >= 15 is 0 Å². The molecule has 1 heterocycles. The molecule has 0 aromatic carbocycles. The molecule has 0 saturated carbocycles. The van der Waals surface area contributed by atoms with Crippen molar-refractivity contribution in [3.63, 3.8) is 0 Å². The van der Waals surface area contributed by atoms with Gasteiger partial charge in [-0.1, -0.05) is 26.7 Å². The van der Waals surface area contributed by atoms with Crippen LogP contribution in [-0.2, 0) is 0 Å². The highest BCUT2D eigenvalue weighted by Crippen LogP contribution is 2.25. The fourth-order valence-electron chi connectivity index (χ4n) is 1.48. The maximum atomic E-state index is 9.91. The van der Waals surface area contributed by atoms with Crippen molar-refractivity contribution in [3.05, 3.63) is 24.0 Å². The topological polar surface area (TPSA) is 46.0 Å². The van der Waals surface area contributed by atoms with Gasteiger partial charge in [0.2, 0.25) is 0 Å². The number of aliphatic hydroxyl groups is 1. The first kappa shape index (κ1) is 10.1. The summed E-state index contributed by atoms with van der Waals surface area (Å²) in [6.07, 6.45) is 4.81. The van der Waals surface area contributed by atoms with E-state index < -0.39 is 6.10 Å². The number of aromatic nitrogens is 2. The zero-order chi connectivity index (χ0) is 9.68. The van der Waals surface area contributed by atoms with Gasteiger partial charge in [0, 0.05) is 11.8 Å². The third-order valence-electron chi connectivity index (χ3n) is 2.44. The van der Waals surface area contributed by atoms with Crippen LogP contribution in [0.1, 0.15) is 38.4 Å². The van der Waals surface area contributed by atoms with Gasteiger partial charge < -0.3 is 5.11 Å². The largest absolute Gasteiger partial charge is 0.388 e. The smallest absolute Gasteiger partial charge is 0.0834 e. The normalized spacial score (nSPS) is 13.2. The highest BCUT2D eigenvalue weighted by atomic mass is 16.3. The fraction of sp³-hybridized carbons (Fsp3) is 0.600. The Hall–Kier alpha value is -0.960. The Morgan fingerprint density at radius 3 is 2.46 bits per heavy atom. The predicted molar refractivity (Wildman–Crippen MR) is 51.1 cm³/mol. The van der Waals surface area contributed by atoms with Crippen LogP contribution in [0.2, 0.25) is 0 Å². The minimum atomic E-state index is -0.398. The van der Waals surface area contributed by atoms with E-state index in [1.807, 2.05) is 6.07 Å². The molecule has 0 spiro atoms. The molecule has 0 amide bonds. The molecule has 3 heteroatoms. The van der Waals surface area contributed by atoms with Gasteiger partial charge in [0.25, 0.3) is 0 Å². The molecule has 1 atom stereocenters. The Balaban J connectivity index is 2.72. The van der Waals surface area contributed by atoms with E-state index in [-0.39, 0.29) is 0 Å². The molecule has 72 valence electrons. The Morgan fingerprint density at radius 2 is 2.00 bits per heavy atom. The first-order valence-corrected chi connectivity index (χ1v) is 4.74. The average Bonchev–Trinajstić information content (AvgIpc) is 2.21. The first-order chi connectivity index (χ1) is 6.29. The molecule has 0 fully saturated rings. The summed E-state index contributed by atoms with van der Waals surface area (Å²) in [5.74, 6) is 0.323. The number of hydrogen-bond donors (Lipinski definition) is 1. The van der Waals surface area contributed by atoms with E-state index in [2.05, 4.69) is 24.0 Å². The lowest BCUT2D eigenvalue weighted by molar-refractivity contribution is 0.103. The third kappa shape index (κ3) is 2.49. The fourth-order valence-corrected chi connectivity index (χ4v) is 1.48. The summed E-state index contributed by atoms with van der Waals surface area (Å²) < 4.78 is 0. The van der Waals surface area contributed by atoms with Crippen LogP contribution < -0.4 is 0 Å². The lowest BCUT2D eigenvalue weighted by Crippen LogP contribution is -2.11. The molecule has 1 aromatic heterocycles. The van der Waals surface area contributed by atoms with Gasteiger partial charge in [0.15, 0.2) is 0 Å². The van der Waals surface area contributed by atoms with Crippen molar-refractivity contribution in [1.82, 2.24) is 10.2 Å². The minimum absolute atomic E-state index is 0.323. The maximum Gasteiger partial charge on any atom is 0.0834 e. The van der Waals surface area contributed by atoms with Gasteiger partial charge in [-0.3, -0.25) is 0 Å². The summed E-state index contributed by atoms with van der Waals surface area (Å²) in [7, 11) is 0. The number of aliphatic hydroxyl groups excluding tert-OH is 1. The molecular formula is C10H16N2O. The Morgan fingerprint density at radius 1 is 1.31 bits per heavy atom. The van der Waals surface area contributed by atoms with Gasteiger partial charge >= 0.3 is 0 Å². The van der Waals surface area contributed by atoms with Crippen LogP contribution in [0.5, 0.6) is 0 Å². The van der Waals surface area contributed by atoms with Crippen LogP contribution in [0.15, 0.2) is 18.5 Å². The molecule has 3 nitrogen and oxygen atoms in total. The molecule has 1 aromatic rings. The standard InChI is InChI=1S/C10H16N2O/c1-3-8(4-2)10(13)9-5-6-11-12-7-9/h5-8,10,13H,3-4H2,1-2H3. The van der Waals surface area contributed by atoms with Crippen LogP contribution in [-0.4, -0.2) is 15.3 Å². The monoisotopic (exact) mass is 180 g/mol. The molecular weight excluding hydrogens is 164 g/mol. The highest BCUT2D eigenvalue weighted by Gasteiger charge is 2.17. The summed E-state index contributed by atoms with van der Waals surface area (Å²) >= 11 is 0. The van der Waals surface area contributed by atoms with Crippen LogP contribution in [0.3, 0.4) is 0 Å². The third-order valence-corrected chi connectivity index (χ3v) is 2.44. The van der Waals surface area contributed by atoms with Gasteiger partial charge in [-0.05, 0) is 12.0 Å². The molecule has 1 N–H and O–H groups in total. The molecule has 1 rings (SSSR count). The van der Waals surface area contributed by atoms with Crippen molar-refractivity contribution in [3.8, 4) is 0 Å². The second kappa shape index (κ2) is 4.92. The van der Waals surface area contributed by atoms with Gasteiger partial charge in [-0.25, -0.2) is 0 Å². The van der Waals surface area contributed by atoms with Crippen LogP contribution in [0, 0.1) is 5.92 Å². The molecule has 0 saturated heterocycles. The van der Waals surface area contributed by atoms with Crippen molar-refractivity contribution < 1.29 is 5.11 Å². The van der Waals surface area contributed by atoms with Crippen molar-refractivity contribution in [1.29, 1.82) is 0 Å². The predicted octanol–water partition coefficient (Wildman–Crippen LogP) is 1.95. The maximum absolute atomic E-state index is 9.91. The summed E-state index contributed by atoms with van der Waals surface area (Å²) in [6, 6.07) is 1.82. The van der Waals surface area contributed by atoms with Crippen LogP contribution >= 0.6 is 0 Å². The second-order valence-corrected chi connectivity index (χ2v) is 3.20. The Bertz CT molecular complexity index is 234. The molecule has 0 radical (unpaired) electrons. The zero-order valence-corrected chi connectivity index (χ0v) is 8.14. The Labute approximate surface area is 78.8 Å². The number of rotatable bonds is 4. The first-order valence-electron chi connectivity index (χ1n) is 4.74. The SMILES string of the molecule is CCC(CC)C(O)c1ccnnc1. The van der Waals surface area contributed by atoms with Crippen LogP contribution in [0.4, 0.5) is 0 Å². The second-order valence-electron chi connectivity index (χ2n) is 3.20. The van der Waals surface area contributed by atoms with E-state index in [1.54, 1.807) is 12.4 Å². The van der Waals surface area contributed by atoms with Crippen molar-refractivity contribution >= 4 is 0 Å². The van der Waals surface area contributed by atoms with E-state index in [9.17, 15) is 5.11 Å². The lowest BCUT2D eigenvalue weighted by Gasteiger charge is -2.19. The van der Waals surface area contributed by atoms with Crippen molar-refractivity contribution in [2.45, 2.75) is 32.8 Å². The number of hydrogen-bond acceptors (Lipinski definition) is 3. The summed E-state index contributed by atoms with van der Waals surface area (Å²) in [4.78, 5) is 0. The van der Waals surface area contributed by atoms with Crippen LogP contribution in [0.25, 0.3) is 0 Å². The molecule has 1 unspecified atom stereocenters. The molecule has 0 aliphatic heterocycles. The van der Waals surface area contributed by atoms with Gasteiger partial charge in [0.1, 0.15) is 0 Å². The lowest BCUT2D eigenvalue weighted by atomic mass is 9.92. The molecule has 0 aliphatic rings. The van der Waals surface area contributed by atoms with Crippen molar-refractivity contribution in [2.75, 3.05) is 0 Å². The number of nitrogens with zero attached hydrogens (tertiary/aromatic N) is 2. The Kier molecular flexibility index (Phi) is 3.83. The minimum Gasteiger partial charge on any atom is -0.388 e. The van der Waals surface area contributed by atoms with Gasteiger partial charge in [0.05, 0.1) is 12.3 Å². The van der Waals surface area contributed by atoms with E-state index in [1.165, 1.54) is 0 Å². The van der Waals surface area contributed by atoms with Gasteiger partial charge in [-0.2, -0.15) is 10.2 Å². The quantitative estimate of drug-likeness (QED) is 0.770. The van der Waals surface area contributed by atoms with E-state index in [0.717, 1.165) is 18.4 Å². The summed E-state index contributed by atoms with van der Waals surface area (Å²) in [5.41, 5.74) is 0.865. The molecule has 13 heavy (non-hydrogen) atoms.